The minimum Gasteiger partial charge on any atom is -0.0984 e. The lowest BCUT2D eigenvalue weighted by Gasteiger charge is -2.17. The van der Waals surface area contributed by atoms with Gasteiger partial charge in [0.2, 0.25) is 0 Å². The lowest BCUT2D eigenvalue weighted by atomic mass is 9.87. The first-order chi connectivity index (χ1) is 8.69. The van der Waals surface area contributed by atoms with Crippen LogP contribution in [0, 0.1) is 5.92 Å². The van der Waals surface area contributed by atoms with E-state index in [2.05, 4.69) is 63.8 Å². The Morgan fingerprint density at radius 3 is 2.61 bits per heavy atom. The lowest BCUT2D eigenvalue weighted by molar-refractivity contribution is 0.545. The summed E-state index contributed by atoms with van der Waals surface area (Å²) in [5, 5.41) is 0. The fraction of sp³-hybridized carbons (Fsp3) is 0.333. The van der Waals surface area contributed by atoms with Crippen LogP contribution in [0.15, 0.2) is 54.6 Å². The van der Waals surface area contributed by atoms with Gasteiger partial charge in [-0.3, -0.25) is 0 Å². The zero-order chi connectivity index (χ0) is 13.1. The number of allylic oxidation sites excluding steroid dienone is 5. The average Bonchev–Trinajstić information content (AvgIpc) is 2.64. The SMILES string of the molecule is C=CC1=C(/C=C\C)C(CC(C)C)c2ccccc21. The highest BCUT2D eigenvalue weighted by Gasteiger charge is 2.28. The van der Waals surface area contributed by atoms with Crippen LogP contribution in [0.3, 0.4) is 0 Å². The van der Waals surface area contributed by atoms with Crippen LogP contribution in [0.4, 0.5) is 0 Å². The molecule has 0 saturated heterocycles. The summed E-state index contributed by atoms with van der Waals surface area (Å²) in [5.74, 6) is 1.23. The molecule has 1 aliphatic rings. The Morgan fingerprint density at radius 2 is 2.00 bits per heavy atom. The molecular weight excluding hydrogens is 216 g/mol. The Labute approximate surface area is 111 Å². The Hall–Kier alpha value is -1.56. The Morgan fingerprint density at radius 1 is 1.28 bits per heavy atom. The van der Waals surface area contributed by atoms with E-state index in [9.17, 15) is 0 Å². The van der Waals surface area contributed by atoms with E-state index in [1.165, 1.54) is 28.7 Å². The quantitative estimate of drug-likeness (QED) is 0.663. The van der Waals surface area contributed by atoms with Gasteiger partial charge >= 0.3 is 0 Å². The Kier molecular flexibility index (Phi) is 3.86. The molecule has 1 atom stereocenters. The second-order valence-corrected chi connectivity index (χ2v) is 5.34. The molecular formula is C18H22. The number of rotatable bonds is 4. The maximum absolute atomic E-state index is 4.00. The van der Waals surface area contributed by atoms with Gasteiger partial charge < -0.3 is 0 Å². The Bertz CT molecular complexity index is 501. The van der Waals surface area contributed by atoms with Crippen LogP contribution in [0.25, 0.3) is 5.57 Å². The zero-order valence-electron chi connectivity index (χ0n) is 11.6. The molecule has 94 valence electrons. The van der Waals surface area contributed by atoms with Crippen molar-refractivity contribution in [3.8, 4) is 0 Å². The third-order valence-corrected chi connectivity index (χ3v) is 3.57. The minimum absolute atomic E-state index is 0.533. The number of benzene rings is 1. The van der Waals surface area contributed by atoms with Crippen LogP contribution in [0.1, 0.15) is 44.2 Å². The van der Waals surface area contributed by atoms with Gasteiger partial charge in [-0.05, 0) is 41.5 Å². The summed E-state index contributed by atoms with van der Waals surface area (Å²) in [6.45, 7) is 10.7. The van der Waals surface area contributed by atoms with Gasteiger partial charge in [-0.15, -0.1) is 0 Å². The number of fused-ring (bicyclic) bond motifs is 1. The molecule has 1 aliphatic carbocycles. The Balaban J connectivity index is 2.55. The third-order valence-electron chi connectivity index (χ3n) is 3.57. The highest BCUT2D eigenvalue weighted by atomic mass is 14.3. The molecule has 1 unspecified atom stereocenters. The molecule has 18 heavy (non-hydrogen) atoms. The third kappa shape index (κ3) is 2.20. The molecule has 0 N–H and O–H groups in total. The van der Waals surface area contributed by atoms with Crippen molar-refractivity contribution in [2.75, 3.05) is 0 Å². The molecule has 0 heterocycles. The van der Waals surface area contributed by atoms with Crippen molar-refractivity contribution in [3.63, 3.8) is 0 Å². The molecule has 0 fully saturated rings. The van der Waals surface area contributed by atoms with E-state index in [1.807, 2.05) is 6.08 Å². The second-order valence-electron chi connectivity index (χ2n) is 5.34. The summed E-state index contributed by atoms with van der Waals surface area (Å²) in [4.78, 5) is 0. The summed E-state index contributed by atoms with van der Waals surface area (Å²) in [5.41, 5.74) is 5.58. The summed E-state index contributed by atoms with van der Waals surface area (Å²) < 4.78 is 0. The molecule has 1 aromatic carbocycles. The summed E-state index contributed by atoms with van der Waals surface area (Å²) in [6, 6.07) is 8.75. The topological polar surface area (TPSA) is 0 Å². The molecule has 2 rings (SSSR count). The molecule has 0 spiro atoms. The van der Waals surface area contributed by atoms with Gasteiger partial charge in [0.15, 0.2) is 0 Å². The standard InChI is InChI=1S/C18H22/c1-5-9-15-14(6-2)16-10-7-8-11-17(16)18(15)12-13(3)4/h5-11,13,18H,2,12H2,1,3-4H3/b9-5-. The lowest BCUT2D eigenvalue weighted by Crippen LogP contribution is -2.02. The first-order valence-corrected chi connectivity index (χ1v) is 6.77. The normalized spacial score (nSPS) is 18.8. The van der Waals surface area contributed by atoms with Crippen molar-refractivity contribution in [2.45, 2.75) is 33.1 Å². The van der Waals surface area contributed by atoms with Crippen molar-refractivity contribution < 1.29 is 0 Å². The molecule has 0 nitrogen and oxygen atoms in total. The van der Waals surface area contributed by atoms with Gasteiger partial charge in [-0.1, -0.05) is 62.9 Å². The first-order valence-electron chi connectivity index (χ1n) is 6.77. The number of hydrogen-bond acceptors (Lipinski definition) is 0. The molecule has 0 heteroatoms. The maximum Gasteiger partial charge on any atom is 0.0104 e. The molecule has 0 aromatic heterocycles. The predicted octanol–water partition coefficient (Wildman–Crippen LogP) is 5.35. The first kappa shape index (κ1) is 12.9. The van der Waals surface area contributed by atoms with Gasteiger partial charge in [-0.2, -0.15) is 0 Å². The van der Waals surface area contributed by atoms with E-state index in [1.54, 1.807) is 0 Å². The second kappa shape index (κ2) is 5.39. The predicted molar refractivity (Wildman–Crippen MR) is 80.6 cm³/mol. The molecule has 0 radical (unpaired) electrons. The average molecular weight is 238 g/mol. The monoisotopic (exact) mass is 238 g/mol. The van der Waals surface area contributed by atoms with Crippen LogP contribution in [-0.2, 0) is 0 Å². The van der Waals surface area contributed by atoms with Crippen LogP contribution in [0.5, 0.6) is 0 Å². The fourth-order valence-electron chi connectivity index (χ4n) is 2.90. The summed E-state index contributed by atoms with van der Waals surface area (Å²) in [7, 11) is 0. The van der Waals surface area contributed by atoms with Gasteiger partial charge in [0.25, 0.3) is 0 Å². The van der Waals surface area contributed by atoms with Crippen molar-refractivity contribution in [2.24, 2.45) is 5.92 Å². The van der Waals surface area contributed by atoms with Crippen LogP contribution < -0.4 is 0 Å². The van der Waals surface area contributed by atoms with Crippen molar-refractivity contribution in [1.29, 1.82) is 0 Å². The van der Waals surface area contributed by atoms with Gasteiger partial charge in [0.1, 0.15) is 0 Å². The van der Waals surface area contributed by atoms with Crippen LogP contribution in [0.2, 0.25) is 0 Å². The molecule has 0 amide bonds. The van der Waals surface area contributed by atoms with E-state index in [4.69, 9.17) is 0 Å². The zero-order valence-corrected chi connectivity index (χ0v) is 11.6. The van der Waals surface area contributed by atoms with Crippen molar-refractivity contribution in [3.05, 3.63) is 65.8 Å². The summed E-state index contributed by atoms with van der Waals surface area (Å²) >= 11 is 0. The molecule has 0 saturated carbocycles. The molecule has 0 bridgehead atoms. The van der Waals surface area contributed by atoms with Crippen LogP contribution >= 0.6 is 0 Å². The van der Waals surface area contributed by atoms with Crippen LogP contribution in [-0.4, -0.2) is 0 Å². The number of hydrogen-bond donors (Lipinski definition) is 0. The largest absolute Gasteiger partial charge is 0.0984 e. The highest BCUT2D eigenvalue weighted by molar-refractivity contribution is 5.85. The fourth-order valence-corrected chi connectivity index (χ4v) is 2.90. The van der Waals surface area contributed by atoms with Crippen molar-refractivity contribution in [1.82, 2.24) is 0 Å². The molecule has 1 aromatic rings. The highest BCUT2D eigenvalue weighted by Crippen LogP contribution is 2.45. The van der Waals surface area contributed by atoms with Gasteiger partial charge in [-0.25, -0.2) is 0 Å². The smallest absolute Gasteiger partial charge is 0.0104 e. The van der Waals surface area contributed by atoms with Crippen molar-refractivity contribution >= 4 is 5.57 Å². The van der Waals surface area contributed by atoms with E-state index < -0.39 is 0 Å². The van der Waals surface area contributed by atoms with E-state index in [0.29, 0.717) is 11.8 Å². The van der Waals surface area contributed by atoms with E-state index in [-0.39, 0.29) is 0 Å². The van der Waals surface area contributed by atoms with E-state index in [0.717, 1.165) is 0 Å². The van der Waals surface area contributed by atoms with Gasteiger partial charge in [0, 0.05) is 5.92 Å². The van der Waals surface area contributed by atoms with Gasteiger partial charge in [0.05, 0.1) is 0 Å². The maximum atomic E-state index is 4.00. The minimum atomic E-state index is 0.533. The molecule has 0 aliphatic heterocycles. The van der Waals surface area contributed by atoms with E-state index >= 15 is 0 Å². The summed E-state index contributed by atoms with van der Waals surface area (Å²) in [6.07, 6.45) is 7.60.